The molecule has 0 bridgehead atoms. The average Bonchev–Trinajstić information content (AvgIpc) is 2.84. The molecule has 1 aliphatic heterocycles. The number of hydrogen-bond donors (Lipinski definition) is 2. The lowest BCUT2D eigenvalue weighted by atomic mass is 10.2. The summed E-state index contributed by atoms with van der Waals surface area (Å²) in [6, 6.07) is 6.48. The van der Waals surface area contributed by atoms with Crippen LogP contribution in [0.15, 0.2) is 30.5 Å². The van der Waals surface area contributed by atoms with E-state index in [-0.39, 0.29) is 11.9 Å². The summed E-state index contributed by atoms with van der Waals surface area (Å²) in [5.74, 6) is 0.248. The molecule has 0 saturated heterocycles. The number of carbonyl (C=O) groups excluding carboxylic acids is 2. The first-order valence-electron chi connectivity index (χ1n) is 6.87. The van der Waals surface area contributed by atoms with E-state index in [1.165, 1.54) is 15.8 Å². The molecule has 114 valence electrons. The summed E-state index contributed by atoms with van der Waals surface area (Å²) in [6.07, 6.45) is 1.45. The second kappa shape index (κ2) is 5.47. The van der Waals surface area contributed by atoms with Crippen LogP contribution in [0.1, 0.15) is 12.5 Å². The summed E-state index contributed by atoms with van der Waals surface area (Å²) in [5, 5.41) is 13.0. The van der Waals surface area contributed by atoms with Crippen LogP contribution in [-0.2, 0) is 18.4 Å². The van der Waals surface area contributed by atoms with Crippen molar-refractivity contribution in [2.45, 2.75) is 19.5 Å². The van der Waals surface area contributed by atoms with Gasteiger partial charge in [-0.3, -0.25) is 10.1 Å². The number of aryl methyl sites for hydroxylation is 1. The van der Waals surface area contributed by atoms with Gasteiger partial charge in [-0.05, 0) is 18.6 Å². The van der Waals surface area contributed by atoms with Crippen molar-refractivity contribution < 1.29 is 9.59 Å². The Hall–Kier alpha value is -2.90. The molecule has 1 aliphatic rings. The number of urea groups is 1. The number of aromatic nitrogens is 3. The Morgan fingerprint density at radius 2 is 2.18 bits per heavy atom. The molecule has 3 amide bonds. The summed E-state index contributed by atoms with van der Waals surface area (Å²) in [4.78, 5) is 26.2. The molecular weight excluding hydrogens is 284 g/mol. The normalized spacial score (nSPS) is 17.5. The number of hydrogen-bond acceptors (Lipinski definition) is 4. The van der Waals surface area contributed by atoms with Crippen LogP contribution in [0.4, 0.5) is 16.3 Å². The molecule has 1 atom stereocenters. The molecule has 0 fully saturated rings. The highest BCUT2D eigenvalue weighted by atomic mass is 16.2. The number of fused-ring (bicyclic) bond motifs is 1. The van der Waals surface area contributed by atoms with E-state index in [4.69, 9.17) is 0 Å². The lowest BCUT2D eigenvalue weighted by molar-refractivity contribution is -0.119. The van der Waals surface area contributed by atoms with Gasteiger partial charge < -0.3 is 10.2 Å². The smallest absolute Gasteiger partial charge is 0.324 e. The SMILES string of the molecule is CC1C(=O)Nc2ccccc2CN1C(=O)Nc1cnnn1C. The Morgan fingerprint density at radius 3 is 2.91 bits per heavy atom. The number of carbonyl (C=O) groups is 2. The number of benzene rings is 1. The van der Waals surface area contributed by atoms with E-state index in [1.807, 2.05) is 24.3 Å². The van der Waals surface area contributed by atoms with Crippen LogP contribution in [0.5, 0.6) is 0 Å². The monoisotopic (exact) mass is 300 g/mol. The molecular formula is C14H16N6O2. The van der Waals surface area contributed by atoms with Gasteiger partial charge in [0.25, 0.3) is 0 Å². The zero-order valence-electron chi connectivity index (χ0n) is 12.3. The largest absolute Gasteiger partial charge is 0.324 e. The summed E-state index contributed by atoms with van der Waals surface area (Å²) in [5.41, 5.74) is 1.62. The second-order valence-electron chi connectivity index (χ2n) is 5.12. The van der Waals surface area contributed by atoms with E-state index in [2.05, 4.69) is 20.9 Å². The predicted octanol–water partition coefficient (Wildman–Crippen LogP) is 1.19. The molecule has 0 saturated carbocycles. The Bertz CT molecular complexity index is 726. The highest BCUT2D eigenvalue weighted by Crippen LogP contribution is 2.23. The lowest BCUT2D eigenvalue weighted by Crippen LogP contribution is -2.45. The van der Waals surface area contributed by atoms with Crippen LogP contribution >= 0.6 is 0 Å². The van der Waals surface area contributed by atoms with Crippen molar-refractivity contribution in [3.63, 3.8) is 0 Å². The van der Waals surface area contributed by atoms with E-state index in [1.54, 1.807) is 14.0 Å². The van der Waals surface area contributed by atoms with Crippen molar-refractivity contribution in [3.05, 3.63) is 36.0 Å². The number of rotatable bonds is 1. The first-order chi connectivity index (χ1) is 10.6. The van der Waals surface area contributed by atoms with E-state index in [0.717, 1.165) is 11.3 Å². The first-order valence-corrected chi connectivity index (χ1v) is 6.87. The van der Waals surface area contributed by atoms with Gasteiger partial charge in [-0.2, -0.15) is 0 Å². The van der Waals surface area contributed by atoms with Crippen LogP contribution in [-0.4, -0.2) is 37.9 Å². The van der Waals surface area contributed by atoms with Gasteiger partial charge in [0, 0.05) is 12.7 Å². The molecule has 0 aliphatic carbocycles. The molecule has 8 nitrogen and oxygen atoms in total. The highest BCUT2D eigenvalue weighted by Gasteiger charge is 2.30. The van der Waals surface area contributed by atoms with Gasteiger partial charge >= 0.3 is 6.03 Å². The quantitative estimate of drug-likeness (QED) is 0.827. The van der Waals surface area contributed by atoms with Crippen LogP contribution in [0, 0.1) is 0 Å². The highest BCUT2D eigenvalue weighted by molar-refractivity contribution is 6.00. The van der Waals surface area contributed by atoms with E-state index in [9.17, 15) is 9.59 Å². The maximum atomic E-state index is 12.5. The maximum Gasteiger partial charge on any atom is 0.324 e. The Morgan fingerprint density at radius 1 is 1.41 bits per heavy atom. The molecule has 2 heterocycles. The topological polar surface area (TPSA) is 92.2 Å². The van der Waals surface area contributed by atoms with Crippen LogP contribution in [0.25, 0.3) is 0 Å². The maximum absolute atomic E-state index is 12.5. The van der Waals surface area contributed by atoms with Crippen molar-refractivity contribution in [3.8, 4) is 0 Å². The third-order valence-corrected chi connectivity index (χ3v) is 3.67. The Balaban J connectivity index is 1.87. The molecule has 22 heavy (non-hydrogen) atoms. The van der Waals surface area contributed by atoms with Crippen molar-refractivity contribution in [2.75, 3.05) is 10.6 Å². The van der Waals surface area contributed by atoms with E-state index < -0.39 is 6.04 Å². The Kier molecular flexibility index (Phi) is 3.50. The van der Waals surface area contributed by atoms with Crippen LogP contribution in [0.3, 0.4) is 0 Å². The van der Waals surface area contributed by atoms with Crippen molar-refractivity contribution in [2.24, 2.45) is 7.05 Å². The van der Waals surface area contributed by atoms with Gasteiger partial charge in [0.05, 0.1) is 12.7 Å². The zero-order valence-corrected chi connectivity index (χ0v) is 12.3. The zero-order chi connectivity index (χ0) is 15.7. The molecule has 1 unspecified atom stereocenters. The van der Waals surface area contributed by atoms with Gasteiger partial charge in [-0.1, -0.05) is 23.4 Å². The number of amides is 3. The Labute approximate surface area is 127 Å². The van der Waals surface area contributed by atoms with Crippen molar-refractivity contribution in [1.29, 1.82) is 0 Å². The van der Waals surface area contributed by atoms with Crippen molar-refractivity contribution >= 4 is 23.4 Å². The lowest BCUT2D eigenvalue weighted by Gasteiger charge is -2.25. The molecule has 0 spiro atoms. The van der Waals surface area contributed by atoms with Gasteiger partial charge in [-0.25, -0.2) is 9.48 Å². The van der Waals surface area contributed by atoms with Gasteiger partial charge in [0.2, 0.25) is 5.91 Å². The minimum absolute atomic E-state index is 0.219. The number of nitrogens with zero attached hydrogens (tertiary/aromatic N) is 4. The first kappa shape index (κ1) is 14.1. The minimum Gasteiger partial charge on any atom is -0.324 e. The summed E-state index contributed by atoms with van der Waals surface area (Å²) in [7, 11) is 1.68. The summed E-state index contributed by atoms with van der Waals surface area (Å²) in [6.45, 7) is 2.04. The van der Waals surface area contributed by atoms with E-state index in [0.29, 0.717) is 12.4 Å². The molecule has 3 rings (SSSR count). The fraction of sp³-hybridized carbons (Fsp3) is 0.286. The van der Waals surface area contributed by atoms with Crippen LogP contribution < -0.4 is 10.6 Å². The van der Waals surface area contributed by atoms with E-state index >= 15 is 0 Å². The summed E-state index contributed by atoms with van der Waals surface area (Å²) >= 11 is 0. The third kappa shape index (κ3) is 2.50. The number of anilines is 2. The fourth-order valence-electron chi connectivity index (χ4n) is 2.31. The predicted molar refractivity (Wildman–Crippen MR) is 80.1 cm³/mol. The molecule has 0 radical (unpaired) electrons. The molecule has 1 aromatic carbocycles. The van der Waals surface area contributed by atoms with Gasteiger partial charge in [-0.15, -0.1) is 5.10 Å². The van der Waals surface area contributed by atoms with Gasteiger partial charge in [0.1, 0.15) is 6.04 Å². The average molecular weight is 300 g/mol. The standard InChI is InChI=1S/C14H16N6O2/c1-9-13(21)16-11-6-4-3-5-10(11)8-20(9)14(22)17-12-7-15-18-19(12)2/h3-7,9H,8H2,1-2H3,(H,16,21)(H,17,22). The molecule has 1 aromatic heterocycles. The van der Waals surface area contributed by atoms with Crippen molar-refractivity contribution in [1.82, 2.24) is 19.9 Å². The third-order valence-electron chi connectivity index (χ3n) is 3.67. The fourth-order valence-corrected chi connectivity index (χ4v) is 2.31. The number of nitrogens with one attached hydrogen (secondary N) is 2. The molecule has 2 N–H and O–H groups in total. The second-order valence-corrected chi connectivity index (χ2v) is 5.12. The summed E-state index contributed by atoms with van der Waals surface area (Å²) < 4.78 is 1.45. The van der Waals surface area contributed by atoms with Crippen LogP contribution in [0.2, 0.25) is 0 Å². The molecule has 8 heteroatoms. The minimum atomic E-state index is -0.589. The van der Waals surface area contributed by atoms with Gasteiger partial charge in [0.15, 0.2) is 5.82 Å². The number of para-hydroxylation sites is 1. The molecule has 2 aromatic rings.